The van der Waals surface area contributed by atoms with E-state index in [-0.39, 0.29) is 21.6 Å². The molecule has 0 aromatic heterocycles. The smallest absolute Gasteiger partial charge is 0.306 e. The summed E-state index contributed by atoms with van der Waals surface area (Å²) >= 11 is 6.65. The van der Waals surface area contributed by atoms with Gasteiger partial charge in [-0.3, -0.25) is 9.59 Å². The van der Waals surface area contributed by atoms with E-state index in [1.165, 1.54) is 0 Å². The fourth-order valence-corrected chi connectivity index (χ4v) is 2.39. The van der Waals surface area contributed by atoms with Gasteiger partial charge >= 0.3 is 11.9 Å². The number of ether oxygens (including phenoxy) is 2. The predicted octanol–water partition coefficient (Wildman–Crippen LogP) is 4.76. The van der Waals surface area contributed by atoms with Crippen LogP contribution in [0.2, 0.25) is 0 Å². The Morgan fingerprint density at radius 2 is 1.05 bits per heavy atom. The average Bonchev–Trinajstić information content (AvgIpc) is 2.39. The molecule has 0 heterocycles. The standard InChI is InChI=1S/C16H28Br2O4/c1-13(17)11-15(19)21-9-7-5-3-4-6-8-10-22-16(20)12-14(2)18/h13-14H,3-12H2,1-2H3. The summed E-state index contributed by atoms with van der Waals surface area (Å²) in [6.45, 7) is 4.89. The van der Waals surface area contributed by atoms with Crippen LogP contribution < -0.4 is 0 Å². The molecule has 0 aromatic rings. The second-order valence-electron chi connectivity index (χ2n) is 5.53. The first-order valence-corrected chi connectivity index (χ1v) is 9.84. The summed E-state index contributed by atoms with van der Waals surface area (Å²) < 4.78 is 10.3. The van der Waals surface area contributed by atoms with Gasteiger partial charge in [0.15, 0.2) is 0 Å². The summed E-state index contributed by atoms with van der Waals surface area (Å²) in [6, 6.07) is 0. The molecule has 0 amide bonds. The van der Waals surface area contributed by atoms with E-state index in [0.29, 0.717) is 26.1 Å². The maximum Gasteiger partial charge on any atom is 0.306 e. The highest BCUT2D eigenvalue weighted by molar-refractivity contribution is 9.09. The van der Waals surface area contributed by atoms with E-state index in [1.807, 2.05) is 13.8 Å². The number of hydrogen-bond acceptors (Lipinski definition) is 4. The fraction of sp³-hybridized carbons (Fsp3) is 0.875. The zero-order valence-electron chi connectivity index (χ0n) is 13.6. The quantitative estimate of drug-likeness (QED) is 0.234. The van der Waals surface area contributed by atoms with Gasteiger partial charge in [0.1, 0.15) is 0 Å². The number of hydrogen-bond donors (Lipinski definition) is 0. The van der Waals surface area contributed by atoms with Crippen molar-refractivity contribution >= 4 is 43.8 Å². The molecule has 0 saturated heterocycles. The molecule has 0 bridgehead atoms. The van der Waals surface area contributed by atoms with Crippen LogP contribution in [0.4, 0.5) is 0 Å². The van der Waals surface area contributed by atoms with Gasteiger partial charge in [0.05, 0.1) is 26.1 Å². The molecule has 130 valence electrons. The van der Waals surface area contributed by atoms with Crippen LogP contribution in [-0.2, 0) is 19.1 Å². The van der Waals surface area contributed by atoms with Gasteiger partial charge in [-0.05, 0) is 12.8 Å². The summed E-state index contributed by atoms with van der Waals surface area (Å²) in [5.41, 5.74) is 0. The number of esters is 2. The molecule has 0 aromatic carbocycles. The van der Waals surface area contributed by atoms with Gasteiger partial charge in [-0.15, -0.1) is 0 Å². The molecule has 0 aliphatic heterocycles. The van der Waals surface area contributed by atoms with E-state index < -0.39 is 0 Å². The lowest BCUT2D eigenvalue weighted by molar-refractivity contribution is -0.144. The van der Waals surface area contributed by atoms with E-state index >= 15 is 0 Å². The van der Waals surface area contributed by atoms with Gasteiger partial charge in [-0.25, -0.2) is 0 Å². The number of alkyl halides is 2. The largest absolute Gasteiger partial charge is 0.466 e. The first kappa shape index (κ1) is 21.9. The van der Waals surface area contributed by atoms with Crippen LogP contribution in [0.5, 0.6) is 0 Å². The average molecular weight is 444 g/mol. The molecule has 0 aliphatic rings. The van der Waals surface area contributed by atoms with Crippen molar-refractivity contribution < 1.29 is 19.1 Å². The molecule has 0 rings (SSSR count). The summed E-state index contributed by atoms with van der Waals surface area (Å²) in [7, 11) is 0. The monoisotopic (exact) mass is 442 g/mol. The number of rotatable bonds is 13. The minimum absolute atomic E-state index is 0.135. The molecule has 22 heavy (non-hydrogen) atoms. The molecule has 0 radical (unpaired) electrons. The Labute approximate surface area is 150 Å². The van der Waals surface area contributed by atoms with Crippen molar-refractivity contribution in [2.75, 3.05) is 13.2 Å². The van der Waals surface area contributed by atoms with Crippen LogP contribution in [0, 0.1) is 0 Å². The Morgan fingerprint density at radius 3 is 1.36 bits per heavy atom. The molecule has 0 spiro atoms. The summed E-state index contributed by atoms with van der Waals surface area (Å²) in [5.74, 6) is -0.270. The molecule has 0 saturated carbocycles. The Kier molecular flexibility index (Phi) is 14.4. The Morgan fingerprint density at radius 1 is 0.727 bits per heavy atom. The Bertz CT molecular complexity index is 277. The molecule has 2 atom stereocenters. The SMILES string of the molecule is CC(Br)CC(=O)OCCCCCCCCOC(=O)CC(C)Br. The van der Waals surface area contributed by atoms with Gasteiger partial charge in [0, 0.05) is 9.65 Å². The van der Waals surface area contributed by atoms with Crippen molar-refractivity contribution in [2.24, 2.45) is 0 Å². The van der Waals surface area contributed by atoms with Gasteiger partial charge in [-0.1, -0.05) is 71.4 Å². The van der Waals surface area contributed by atoms with Crippen molar-refractivity contribution in [3.8, 4) is 0 Å². The van der Waals surface area contributed by atoms with Crippen molar-refractivity contribution in [1.82, 2.24) is 0 Å². The highest BCUT2D eigenvalue weighted by Gasteiger charge is 2.07. The molecule has 6 heteroatoms. The third kappa shape index (κ3) is 16.3. The van der Waals surface area contributed by atoms with Crippen molar-refractivity contribution in [1.29, 1.82) is 0 Å². The number of halogens is 2. The molecule has 2 unspecified atom stereocenters. The first-order valence-electron chi connectivity index (χ1n) is 8.01. The summed E-state index contributed by atoms with van der Waals surface area (Å²) in [5, 5.41) is 0. The highest BCUT2D eigenvalue weighted by atomic mass is 79.9. The zero-order chi connectivity index (χ0) is 16.8. The number of carbonyl (C=O) groups is 2. The molecule has 0 aliphatic carbocycles. The van der Waals surface area contributed by atoms with Gasteiger partial charge < -0.3 is 9.47 Å². The zero-order valence-corrected chi connectivity index (χ0v) is 16.8. The maximum atomic E-state index is 11.3. The van der Waals surface area contributed by atoms with Crippen molar-refractivity contribution in [2.45, 2.75) is 74.9 Å². The molecule has 0 N–H and O–H groups in total. The van der Waals surface area contributed by atoms with Crippen LogP contribution in [0.3, 0.4) is 0 Å². The molecule has 0 fully saturated rings. The number of carbonyl (C=O) groups excluding carboxylic acids is 2. The van der Waals surface area contributed by atoms with Gasteiger partial charge in [0.2, 0.25) is 0 Å². The van der Waals surface area contributed by atoms with Gasteiger partial charge in [-0.2, -0.15) is 0 Å². The molecule has 4 nitrogen and oxygen atoms in total. The van der Waals surface area contributed by atoms with Crippen LogP contribution in [0.25, 0.3) is 0 Å². The normalized spacial score (nSPS) is 13.5. The van der Waals surface area contributed by atoms with E-state index in [2.05, 4.69) is 31.9 Å². The van der Waals surface area contributed by atoms with Gasteiger partial charge in [0.25, 0.3) is 0 Å². The third-order valence-corrected chi connectivity index (χ3v) is 3.61. The van der Waals surface area contributed by atoms with E-state index in [4.69, 9.17) is 9.47 Å². The van der Waals surface area contributed by atoms with E-state index in [1.54, 1.807) is 0 Å². The molecular weight excluding hydrogens is 416 g/mol. The van der Waals surface area contributed by atoms with Crippen LogP contribution in [0.15, 0.2) is 0 Å². The second kappa shape index (κ2) is 14.5. The summed E-state index contributed by atoms with van der Waals surface area (Å²) in [4.78, 5) is 22.9. The molecular formula is C16H28Br2O4. The fourth-order valence-electron chi connectivity index (χ4n) is 1.86. The van der Waals surface area contributed by atoms with Crippen LogP contribution in [0.1, 0.15) is 65.2 Å². The Balaban J connectivity index is 3.24. The third-order valence-electron chi connectivity index (χ3n) is 2.96. The van der Waals surface area contributed by atoms with Crippen molar-refractivity contribution in [3.05, 3.63) is 0 Å². The van der Waals surface area contributed by atoms with Crippen molar-refractivity contribution in [3.63, 3.8) is 0 Å². The summed E-state index contributed by atoms with van der Waals surface area (Å²) in [6.07, 6.45) is 7.06. The van der Waals surface area contributed by atoms with E-state index in [9.17, 15) is 9.59 Å². The van der Waals surface area contributed by atoms with E-state index in [0.717, 1.165) is 38.5 Å². The first-order chi connectivity index (χ1) is 10.4. The minimum Gasteiger partial charge on any atom is -0.466 e. The number of unbranched alkanes of at least 4 members (excludes halogenated alkanes) is 5. The van der Waals surface area contributed by atoms with Crippen LogP contribution >= 0.6 is 31.9 Å². The Hall–Kier alpha value is -0.100. The lowest BCUT2D eigenvalue weighted by Crippen LogP contribution is -2.10. The predicted molar refractivity (Wildman–Crippen MR) is 95.6 cm³/mol. The lowest BCUT2D eigenvalue weighted by Gasteiger charge is -2.07. The second-order valence-corrected chi connectivity index (χ2v) is 8.66. The highest BCUT2D eigenvalue weighted by Crippen LogP contribution is 2.09. The lowest BCUT2D eigenvalue weighted by atomic mass is 10.1. The minimum atomic E-state index is -0.135. The van der Waals surface area contributed by atoms with Crippen LogP contribution in [-0.4, -0.2) is 34.8 Å². The topological polar surface area (TPSA) is 52.6 Å². The maximum absolute atomic E-state index is 11.3.